The number of thiophene rings is 1. The summed E-state index contributed by atoms with van der Waals surface area (Å²) >= 11 is 1.86. The summed E-state index contributed by atoms with van der Waals surface area (Å²) in [6.07, 6.45) is 2.94. The van der Waals surface area contributed by atoms with Gasteiger partial charge in [0.2, 0.25) is 0 Å². The van der Waals surface area contributed by atoms with Crippen molar-refractivity contribution in [2.24, 2.45) is 0 Å². The highest BCUT2D eigenvalue weighted by Gasteiger charge is 2.01. The van der Waals surface area contributed by atoms with Crippen LogP contribution < -0.4 is 0 Å². The molecule has 0 unspecified atom stereocenters. The van der Waals surface area contributed by atoms with Crippen molar-refractivity contribution in [2.45, 2.75) is 13.3 Å². The van der Waals surface area contributed by atoms with Crippen molar-refractivity contribution in [3.8, 4) is 0 Å². The van der Waals surface area contributed by atoms with Crippen molar-refractivity contribution in [2.75, 3.05) is 0 Å². The van der Waals surface area contributed by atoms with Gasteiger partial charge in [-0.1, -0.05) is 18.2 Å². The Kier molecular flexibility index (Phi) is 2.19. The second-order valence-corrected chi connectivity index (χ2v) is 4.36. The van der Waals surface area contributed by atoms with E-state index in [1.54, 1.807) is 0 Å². The summed E-state index contributed by atoms with van der Waals surface area (Å²) in [5.41, 5.74) is 1.36. The van der Waals surface area contributed by atoms with Gasteiger partial charge >= 0.3 is 0 Å². The van der Waals surface area contributed by atoms with E-state index in [0.717, 1.165) is 6.42 Å². The largest absolute Gasteiger partial charge is 0.140 e. The first-order chi connectivity index (χ1) is 6.31. The number of rotatable bonds is 2. The molecule has 0 radical (unpaired) electrons. The summed E-state index contributed by atoms with van der Waals surface area (Å²) in [4.78, 5) is 1.40. The zero-order valence-corrected chi connectivity index (χ0v) is 8.53. The van der Waals surface area contributed by atoms with E-state index in [9.17, 15) is 0 Å². The molecule has 0 N–H and O–H groups in total. The number of hydrogen-bond donors (Lipinski definition) is 0. The van der Waals surface area contributed by atoms with Gasteiger partial charge in [0.1, 0.15) is 0 Å². The predicted octanol–water partition coefficient (Wildman–Crippen LogP) is 3.94. The lowest BCUT2D eigenvalue weighted by atomic mass is 10.1. The molecule has 66 valence electrons. The molecule has 2 aromatic rings. The normalized spacial score (nSPS) is 10.5. The van der Waals surface area contributed by atoms with E-state index >= 15 is 0 Å². The number of benzene rings is 1. The first kappa shape index (κ1) is 8.52. The Hall–Kier alpha value is -1.08. The minimum atomic E-state index is 0.985. The molecule has 0 aliphatic rings. The quantitative estimate of drug-likeness (QED) is 0.626. The maximum absolute atomic E-state index is 3.76. The van der Waals surface area contributed by atoms with Crippen molar-refractivity contribution in [1.82, 2.24) is 0 Å². The Labute approximate surface area is 82.5 Å². The predicted molar refractivity (Wildman–Crippen MR) is 60.5 cm³/mol. The highest BCUT2D eigenvalue weighted by molar-refractivity contribution is 7.19. The van der Waals surface area contributed by atoms with E-state index in [4.69, 9.17) is 0 Å². The minimum Gasteiger partial charge on any atom is -0.140 e. The van der Waals surface area contributed by atoms with Crippen molar-refractivity contribution >= 4 is 21.4 Å². The van der Waals surface area contributed by atoms with Gasteiger partial charge in [0.25, 0.3) is 0 Å². The van der Waals surface area contributed by atoms with Crippen LogP contribution in [0.3, 0.4) is 0 Å². The van der Waals surface area contributed by atoms with Gasteiger partial charge in [-0.05, 0) is 36.4 Å². The van der Waals surface area contributed by atoms with Gasteiger partial charge in [0.15, 0.2) is 0 Å². The van der Waals surface area contributed by atoms with Crippen molar-refractivity contribution in [3.05, 3.63) is 47.4 Å². The van der Waals surface area contributed by atoms with E-state index in [1.165, 1.54) is 20.5 Å². The van der Waals surface area contributed by atoms with Gasteiger partial charge in [-0.3, -0.25) is 0 Å². The highest BCUT2D eigenvalue weighted by atomic mass is 32.1. The summed E-state index contributed by atoms with van der Waals surface area (Å²) in [6, 6.07) is 8.73. The molecule has 0 fully saturated rings. The maximum Gasteiger partial charge on any atom is 0.0348 e. The van der Waals surface area contributed by atoms with Crippen LogP contribution in [0.15, 0.2) is 36.9 Å². The van der Waals surface area contributed by atoms with Crippen LogP contribution in [0, 0.1) is 6.92 Å². The molecule has 0 aliphatic carbocycles. The molecular weight excluding hydrogens is 176 g/mol. The van der Waals surface area contributed by atoms with Crippen molar-refractivity contribution in [1.29, 1.82) is 0 Å². The fraction of sp³-hybridized carbons (Fsp3) is 0.167. The molecular formula is C12H12S. The molecule has 0 saturated heterocycles. The molecule has 0 amide bonds. The molecule has 2 rings (SSSR count). The van der Waals surface area contributed by atoms with Gasteiger partial charge in [-0.15, -0.1) is 17.9 Å². The van der Waals surface area contributed by atoms with Crippen molar-refractivity contribution in [3.63, 3.8) is 0 Å². The zero-order chi connectivity index (χ0) is 9.26. The van der Waals surface area contributed by atoms with E-state index in [0.29, 0.717) is 0 Å². The number of fused-ring (bicyclic) bond motifs is 1. The van der Waals surface area contributed by atoms with Crippen molar-refractivity contribution < 1.29 is 0 Å². The molecule has 1 aromatic heterocycles. The van der Waals surface area contributed by atoms with Crippen LogP contribution in [0.5, 0.6) is 0 Å². The lowest BCUT2D eigenvalue weighted by molar-refractivity contribution is 1.36. The maximum atomic E-state index is 3.76. The molecule has 0 aliphatic heterocycles. The second kappa shape index (κ2) is 3.35. The van der Waals surface area contributed by atoms with Gasteiger partial charge in [-0.25, -0.2) is 0 Å². The Morgan fingerprint density at radius 3 is 3.00 bits per heavy atom. The Balaban J connectivity index is 2.61. The van der Waals surface area contributed by atoms with Gasteiger partial charge in [-0.2, -0.15) is 0 Å². The Morgan fingerprint density at radius 1 is 1.46 bits per heavy atom. The molecule has 13 heavy (non-hydrogen) atoms. The summed E-state index contributed by atoms with van der Waals surface area (Å²) in [6.45, 7) is 5.91. The summed E-state index contributed by atoms with van der Waals surface area (Å²) in [5.74, 6) is 0. The molecule has 0 nitrogen and oxygen atoms in total. The summed E-state index contributed by atoms with van der Waals surface area (Å²) in [5, 5.41) is 1.39. The Morgan fingerprint density at radius 2 is 2.31 bits per heavy atom. The number of hydrogen-bond acceptors (Lipinski definition) is 1. The third-order valence-electron chi connectivity index (χ3n) is 2.18. The molecule has 0 saturated carbocycles. The van der Waals surface area contributed by atoms with Crippen LogP contribution in [-0.2, 0) is 6.42 Å². The summed E-state index contributed by atoms with van der Waals surface area (Å²) in [7, 11) is 0. The first-order valence-corrected chi connectivity index (χ1v) is 5.22. The SMILES string of the molecule is C=CCc1cc2c(C)cccc2s1. The third-order valence-corrected chi connectivity index (χ3v) is 3.30. The average Bonchev–Trinajstić information content (AvgIpc) is 2.49. The zero-order valence-electron chi connectivity index (χ0n) is 7.71. The van der Waals surface area contributed by atoms with Crippen LogP contribution in [0.25, 0.3) is 10.1 Å². The second-order valence-electron chi connectivity index (χ2n) is 3.19. The molecule has 0 spiro atoms. The molecule has 1 heterocycles. The monoisotopic (exact) mass is 188 g/mol. The van der Waals surface area contributed by atoms with E-state index in [1.807, 2.05) is 17.4 Å². The smallest absolute Gasteiger partial charge is 0.0348 e. The van der Waals surface area contributed by atoms with E-state index < -0.39 is 0 Å². The number of allylic oxidation sites excluding steroid dienone is 1. The average molecular weight is 188 g/mol. The molecule has 1 aromatic carbocycles. The summed E-state index contributed by atoms with van der Waals surface area (Å²) < 4.78 is 1.39. The van der Waals surface area contributed by atoms with Crippen LogP contribution >= 0.6 is 11.3 Å². The lowest BCUT2D eigenvalue weighted by Gasteiger charge is -1.91. The lowest BCUT2D eigenvalue weighted by Crippen LogP contribution is -1.71. The van der Waals surface area contributed by atoms with Crippen LogP contribution in [0.4, 0.5) is 0 Å². The van der Waals surface area contributed by atoms with Gasteiger partial charge in [0, 0.05) is 9.58 Å². The highest BCUT2D eigenvalue weighted by Crippen LogP contribution is 2.28. The van der Waals surface area contributed by atoms with E-state index in [-0.39, 0.29) is 0 Å². The fourth-order valence-electron chi connectivity index (χ4n) is 1.50. The molecule has 0 bridgehead atoms. The minimum absolute atomic E-state index is 0.985. The molecule has 0 atom stereocenters. The molecule has 1 heteroatoms. The first-order valence-electron chi connectivity index (χ1n) is 4.40. The number of aryl methyl sites for hydroxylation is 1. The topological polar surface area (TPSA) is 0 Å². The standard InChI is InChI=1S/C12H12S/c1-3-5-10-8-11-9(2)6-4-7-12(11)13-10/h3-4,6-8H,1,5H2,2H3. The van der Waals surface area contributed by atoms with Gasteiger partial charge in [0.05, 0.1) is 0 Å². The van der Waals surface area contributed by atoms with Crippen LogP contribution in [0.2, 0.25) is 0 Å². The van der Waals surface area contributed by atoms with E-state index in [2.05, 4.69) is 37.8 Å². The van der Waals surface area contributed by atoms with Gasteiger partial charge < -0.3 is 0 Å². The van der Waals surface area contributed by atoms with Crippen LogP contribution in [-0.4, -0.2) is 0 Å². The Bertz CT molecular complexity index is 437. The van der Waals surface area contributed by atoms with Crippen LogP contribution in [0.1, 0.15) is 10.4 Å². The fourth-order valence-corrected chi connectivity index (χ4v) is 2.64. The third kappa shape index (κ3) is 1.52.